The van der Waals surface area contributed by atoms with E-state index in [1.54, 1.807) is 18.0 Å². The summed E-state index contributed by atoms with van der Waals surface area (Å²) in [5.74, 6) is 0.201. The maximum Gasteiger partial charge on any atom is 0.350 e. The van der Waals surface area contributed by atoms with E-state index in [9.17, 15) is 14.9 Å². The van der Waals surface area contributed by atoms with Crippen LogP contribution in [0.25, 0.3) is 0 Å². The number of anilines is 1. The summed E-state index contributed by atoms with van der Waals surface area (Å²) >= 11 is 0. The first-order valence-corrected chi connectivity index (χ1v) is 8.19. The fourth-order valence-corrected chi connectivity index (χ4v) is 2.56. The molecule has 11 heteroatoms. The molecule has 1 aromatic carbocycles. The number of carbonyl (C=O) groups is 1. The largest absolute Gasteiger partial charge is 0.497 e. The molecule has 0 aliphatic heterocycles. The van der Waals surface area contributed by atoms with Crippen LogP contribution in [0, 0.1) is 10.1 Å². The van der Waals surface area contributed by atoms with Gasteiger partial charge < -0.3 is 14.8 Å². The Morgan fingerprint density at radius 3 is 2.75 bits per heavy atom. The van der Waals surface area contributed by atoms with Crippen molar-refractivity contribution in [3.05, 3.63) is 58.5 Å². The highest BCUT2D eigenvalue weighted by Crippen LogP contribution is 2.23. The van der Waals surface area contributed by atoms with Gasteiger partial charge in [0.15, 0.2) is 0 Å². The molecule has 0 spiro atoms. The molecular weight excluding hydrogens is 368 g/mol. The number of amides is 1. The molecule has 2 heterocycles. The first kappa shape index (κ1) is 18.9. The Morgan fingerprint density at radius 2 is 2.07 bits per heavy atom. The van der Waals surface area contributed by atoms with Crippen molar-refractivity contribution in [2.75, 3.05) is 19.5 Å². The number of nitro groups is 1. The Kier molecular flexibility index (Phi) is 5.53. The highest BCUT2D eigenvalue weighted by atomic mass is 16.6. The molecule has 0 aliphatic rings. The lowest BCUT2D eigenvalue weighted by Crippen LogP contribution is -2.18. The molecule has 1 N–H and O–H groups in total. The molecule has 28 heavy (non-hydrogen) atoms. The maximum atomic E-state index is 12.2. The zero-order valence-electron chi connectivity index (χ0n) is 15.2. The van der Waals surface area contributed by atoms with Crippen molar-refractivity contribution in [2.24, 2.45) is 0 Å². The molecule has 2 aromatic heterocycles. The quantitative estimate of drug-likeness (QED) is 0.461. The van der Waals surface area contributed by atoms with Gasteiger partial charge >= 0.3 is 11.6 Å². The molecule has 1 amide bonds. The number of nitrogens with zero attached hydrogens (tertiary/aromatic N) is 5. The molecule has 0 fully saturated rings. The van der Waals surface area contributed by atoms with Crippen LogP contribution in [0.2, 0.25) is 0 Å². The van der Waals surface area contributed by atoms with Crippen LogP contribution in [-0.2, 0) is 17.9 Å². The van der Waals surface area contributed by atoms with Crippen LogP contribution in [0.15, 0.2) is 42.9 Å². The molecule has 146 valence electrons. The predicted octanol–water partition coefficient (Wildman–Crippen LogP) is 1.69. The molecule has 0 atom stereocenters. The first-order chi connectivity index (χ1) is 13.5. The van der Waals surface area contributed by atoms with Crippen LogP contribution < -0.4 is 14.8 Å². The minimum atomic E-state index is -0.622. The van der Waals surface area contributed by atoms with E-state index >= 15 is 0 Å². The minimum absolute atomic E-state index is 0.149. The zero-order chi connectivity index (χ0) is 20.1. The maximum absolute atomic E-state index is 12.2. The number of hydrogen-bond donors (Lipinski definition) is 1. The zero-order valence-corrected chi connectivity index (χ0v) is 15.2. The predicted molar refractivity (Wildman–Crippen MR) is 98.4 cm³/mol. The number of nitrogens with one attached hydrogen (secondary N) is 1. The van der Waals surface area contributed by atoms with E-state index in [1.807, 2.05) is 24.3 Å². The summed E-state index contributed by atoms with van der Waals surface area (Å²) in [4.78, 5) is 22.5. The number of ether oxygens (including phenoxy) is 2. The van der Waals surface area contributed by atoms with Gasteiger partial charge in [0, 0.05) is 6.20 Å². The lowest BCUT2D eigenvalue weighted by molar-refractivity contribution is -0.385. The Labute approximate surface area is 159 Å². The second-order valence-electron chi connectivity index (χ2n) is 5.80. The summed E-state index contributed by atoms with van der Waals surface area (Å²) in [6.07, 6.45) is 4.35. The summed E-state index contributed by atoms with van der Waals surface area (Å²) in [6, 6.07) is 7.59. The van der Waals surface area contributed by atoms with Gasteiger partial charge in [-0.2, -0.15) is 5.10 Å². The second-order valence-corrected chi connectivity index (χ2v) is 5.80. The number of benzene rings is 1. The van der Waals surface area contributed by atoms with Crippen LogP contribution in [0.3, 0.4) is 0 Å². The van der Waals surface area contributed by atoms with E-state index in [-0.39, 0.29) is 18.1 Å². The molecule has 0 unspecified atom stereocenters. The third-order valence-electron chi connectivity index (χ3n) is 3.80. The van der Waals surface area contributed by atoms with Gasteiger partial charge in [-0.1, -0.05) is 12.1 Å². The monoisotopic (exact) mass is 386 g/mol. The van der Waals surface area contributed by atoms with E-state index in [0.717, 1.165) is 22.2 Å². The van der Waals surface area contributed by atoms with E-state index in [1.165, 1.54) is 13.3 Å². The summed E-state index contributed by atoms with van der Waals surface area (Å²) < 4.78 is 12.8. The van der Waals surface area contributed by atoms with Gasteiger partial charge in [0.25, 0.3) is 0 Å². The lowest BCUT2D eigenvalue weighted by Gasteiger charge is -2.05. The average Bonchev–Trinajstić information content (AvgIpc) is 3.28. The fraction of sp³-hybridized carbons (Fsp3) is 0.235. The van der Waals surface area contributed by atoms with Crippen molar-refractivity contribution in [1.82, 2.24) is 19.6 Å². The first-order valence-electron chi connectivity index (χ1n) is 8.19. The molecular formula is C17H18N6O5. The third kappa shape index (κ3) is 4.44. The van der Waals surface area contributed by atoms with E-state index in [0.29, 0.717) is 12.2 Å². The molecule has 3 aromatic rings. The van der Waals surface area contributed by atoms with Gasteiger partial charge in [-0.25, -0.2) is 0 Å². The Hall–Kier alpha value is -3.89. The third-order valence-corrected chi connectivity index (χ3v) is 3.80. The van der Waals surface area contributed by atoms with Crippen LogP contribution in [-0.4, -0.2) is 44.6 Å². The van der Waals surface area contributed by atoms with Gasteiger partial charge in [0.1, 0.15) is 18.5 Å². The SMILES string of the molecule is COc1cccc(Cn2cc(NC(=O)Cn3cc([N+](=O)[O-])c(OC)n3)cn2)c1. The van der Waals surface area contributed by atoms with Crippen molar-refractivity contribution >= 4 is 17.3 Å². The number of methoxy groups -OCH3 is 2. The van der Waals surface area contributed by atoms with E-state index in [4.69, 9.17) is 9.47 Å². The van der Waals surface area contributed by atoms with Crippen molar-refractivity contribution in [3.63, 3.8) is 0 Å². The summed E-state index contributed by atoms with van der Waals surface area (Å²) in [6.45, 7) is 0.306. The van der Waals surface area contributed by atoms with Crippen LogP contribution in [0.4, 0.5) is 11.4 Å². The molecule has 0 saturated carbocycles. The normalized spacial score (nSPS) is 10.5. The van der Waals surface area contributed by atoms with Crippen molar-refractivity contribution in [3.8, 4) is 11.6 Å². The highest BCUT2D eigenvalue weighted by Gasteiger charge is 2.21. The minimum Gasteiger partial charge on any atom is -0.497 e. The fourth-order valence-electron chi connectivity index (χ4n) is 2.56. The number of aromatic nitrogens is 4. The average molecular weight is 386 g/mol. The van der Waals surface area contributed by atoms with Crippen LogP contribution >= 0.6 is 0 Å². The molecule has 0 bridgehead atoms. The summed E-state index contributed by atoms with van der Waals surface area (Å²) in [7, 11) is 2.88. The summed E-state index contributed by atoms with van der Waals surface area (Å²) in [5, 5.41) is 21.7. The summed E-state index contributed by atoms with van der Waals surface area (Å²) in [5.41, 5.74) is 1.19. The van der Waals surface area contributed by atoms with Gasteiger partial charge in [0.05, 0.1) is 37.6 Å². The standard InChI is InChI=1S/C17H18N6O5/c1-27-14-5-3-4-12(6-14)8-21-9-13(7-18-21)19-16(24)11-22-10-15(23(25)26)17(20-22)28-2/h3-7,9-10H,8,11H2,1-2H3,(H,19,24). The lowest BCUT2D eigenvalue weighted by atomic mass is 10.2. The van der Waals surface area contributed by atoms with Gasteiger partial charge in [-0.3, -0.25) is 24.3 Å². The number of carbonyl (C=O) groups excluding carboxylic acids is 1. The molecule has 3 rings (SSSR count). The number of hydrogen-bond acceptors (Lipinski definition) is 7. The molecule has 11 nitrogen and oxygen atoms in total. The van der Waals surface area contributed by atoms with Gasteiger partial charge in [-0.15, -0.1) is 5.10 Å². The molecule has 0 aliphatic carbocycles. The highest BCUT2D eigenvalue weighted by molar-refractivity contribution is 5.90. The topological polar surface area (TPSA) is 126 Å². The van der Waals surface area contributed by atoms with E-state index < -0.39 is 10.8 Å². The van der Waals surface area contributed by atoms with Crippen molar-refractivity contribution in [1.29, 1.82) is 0 Å². The Morgan fingerprint density at radius 1 is 1.25 bits per heavy atom. The Bertz CT molecular complexity index is 996. The van der Waals surface area contributed by atoms with Crippen molar-refractivity contribution in [2.45, 2.75) is 13.1 Å². The molecule has 0 saturated heterocycles. The van der Waals surface area contributed by atoms with Crippen LogP contribution in [0.1, 0.15) is 5.56 Å². The smallest absolute Gasteiger partial charge is 0.350 e. The van der Waals surface area contributed by atoms with Crippen molar-refractivity contribution < 1.29 is 19.2 Å². The van der Waals surface area contributed by atoms with E-state index in [2.05, 4.69) is 15.5 Å². The molecule has 0 radical (unpaired) electrons. The second kappa shape index (κ2) is 8.20. The van der Waals surface area contributed by atoms with Gasteiger partial charge in [0.2, 0.25) is 5.91 Å². The Balaban J connectivity index is 1.61. The number of rotatable bonds is 8. The van der Waals surface area contributed by atoms with Gasteiger partial charge in [-0.05, 0) is 17.7 Å². The van der Waals surface area contributed by atoms with Crippen LogP contribution in [0.5, 0.6) is 11.6 Å².